The van der Waals surface area contributed by atoms with E-state index in [9.17, 15) is 8.42 Å². The second kappa shape index (κ2) is 8.33. The number of rotatable bonds is 4. The molecule has 0 bridgehead atoms. The van der Waals surface area contributed by atoms with Crippen LogP contribution in [0.2, 0.25) is 10.0 Å². The summed E-state index contributed by atoms with van der Waals surface area (Å²) in [4.78, 5) is 8.99. The summed E-state index contributed by atoms with van der Waals surface area (Å²) >= 11 is 12.2. The van der Waals surface area contributed by atoms with E-state index in [1.807, 2.05) is 36.4 Å². The van der Waals surface area contributed by atoms with E-state index in [4.69, 9.17) is 23.2 Å². The first-order valence-electron chi connectivity index (χ1n) is 9.95. The molecule has 1 N–H and O–H groups in total. The Morgan fingerprint density at radius 3 is 2.72 bits per heavy atom. The Balaban J connectivity index is 1.43. The van der Waals surface area contributed by atoms with Gasteiger partial charge >= 0.3 is 0 Å². The SMILES string of the molecule is O=S(=O)(c1cc(Cl)ccc1Cl)N1CCc2c(ccnc2Nc2cnc3ccccc3c2)C1. The molecule has 9 heteroatoms. The van der Waals surface area contributed by atoms with Crippen LogP contribution in [0.4, 0.5) is 11.5 Å². The summed E-state index contributed by atoms with van der Waals surface area (Å²) in [6, 6.07) is 16.2. The first-order valence-corrected chi connectivity index (χ1v) is 12.2. The van der Waals surface area contributed by atoms with E-state index in [1.54, 1.807) is 18.5 Å². The standard InChI is InChI=1S/C23H18Cl2N4O2S/c24-17-5-6-20(25)22(12-17)32(30,31)29-10-8-19-16(14-29)7-9-26-23(19)28-18-11-15-3-1-2-4-21(15)27-13-18/h1-7,9,11-13H,8,10,14H2,(H,26,28). The van der Waals surface area contributed by atoms with Gasteiger partial charge in [0.25, 0.3) is 0 Å². The van der Waals surface area contributed by atoms with Crippen LogP contribution in [-0.2, 0) is 23.0 Å². The van der Waals surface area contributed by atoms with Crippen LogP contribution < -0.4 is 5.32 Å². The summed E-state index contributed by atoms with van der Waals surface area (Å²) in [6.45, 7) is 0.544. The number of benzene rings is 2. The molecule has 0 atom stereocenters. The number of anilines is 2. The molecule has 0 unspecified atom stereocenters. The number of hydrogen-bond donors (Lipinski definition) is 1. The third-order valence-corrected chi connectivity index (χ3v) is 8.04. The zero-order valence-electron chi connectivity index (χ0n) is 16.8. The van der Waals surface area contributed by atoms with Crippen molar-refractivity contribution in [3.63, 3.8) is 0 Å². The fraction of sp³-hybridized carbons (Fsp3) is 0.130. The first kappa shape index (κ1) is 21.2. The summed E-state index contributed by atoms with van der Waals surface area (Å²) < 4.78 is 27.9. The molecule has 2 aromatic heterocycles. The molecule has 0 aliphatic carbocycles. The Hall–Kier alpha value is -2.71. The van der Waals surface area contributed by atoms with Crippen LogP contribution in [0.15, 0.2) is 71.9 Å². The molecule has 4 aromatic rings. The quantitative estimate of drug-likeness (QED) is 0.418. The lowest BCUT2D eigenvalue weighted by molar-refractivity contribution is 0.391. The molecule has 1 aliphatic heterocycles. The Morgan fingerprint density at radius 1 is 1.00 bits per heavy atom. The molecule has 0 saturated carbocycles. The van der Waals surface area contributed by atoms with Gasteiger partial charge in [-0.2, -0.15) is 4.31 Å². The second-order valence-corrected chi connectivity index (χ2v) is 10.3. The lowest BCUT2D eigenvalue weighted by Crippen LogP contribution is -2.36. The van der Waals surface area contributed by atoms with E-state index in [-0.39, 0.29) is 16.5 Å². The Bertz CT molecular complexity index is 1440. The summed E-state index contributed by atoms with van der Waals surface area (Å²) in [6.07, 6.45) is 3.96. The van der Waals surface area contributed by atoms with Crippen molar-refractivity contribution >= 4 is 55.6 Å². The van der Waals surface area contributed by atoms with Crippen molar-refractivity contribution < 1.29 is 8.42 Å². The van der Waals surface area contributed by atoms with Crippen LogP contribution in [0, 0.1) is 0 Å². The van der Waals surface area contributed by atoms with Crippen LogP contribution in [0.1, 0.15) is 11.1 Å². The smallest absolute Gasteiger partial charge is 0.244 e. The number of para-hydroxylation sites is 1. The molecular weight excluding hydrogens is 467 g/mol. The van der Waals surface area contributed by atoms with E-state index in [0.29, 0.717) is 23.8 Å². The van der Waals surface area contributed by atoms with Gasteiger partial charge in [0, 0.05) is 35.3 Å². The van der Waals surface area contributed by atoms with Crippen LogP contribution in [0.3, 0.4) is 0 Å². The molecule has 0 amide bonds. The number of sulfonamides is 1. The highest BCUT2D eigenvalue weighted by atomic mass is 35.5. The zero-order chi connectivity index (χ0) is 22.3. The van der Waals surface area contributed by atoms with Crippen molar-refractivity contribution in [2.75, 3.05) is 11.9 Å². The Kier molecular flexibility index (Phi) is 5.51. The molecule has 0 saturated heterocycles. The second-order valence-electron chi connectivity index (χ2n) is 7.50. The highest BCUT2D eigenvalue weighted by Crippen LogP contribution is 2.33. The zero-order valence-corrected chi connectivity index (χ0v) is 19.1. The van der Waals surface area contributed by atoms with E-state index < -0.39 is 10.0 Å². The maximum absolute atomic E-state index is 13.2. The minimum absolute atomic E-state index is 0.0183. The monoisotopic (exact) mass is 484 g/mol. The van der Waals surface area contributed by atoms with E-state index in [2.05, 4.69) is 15.3 Å². The van der Waals surface area contributed by atoms with Gasteiger partial charge in [-0.1, -0.05) is 41.4 Å². The van der Waals surface area contributed by atoms with Crippen molar-refractivity contribution in [3.05, 3.63) is 88.2 Å². The number of aromatic nitrogens is 2. The first-order chi connectivity index (χ1) is 15.4. The van der Waals surface area contributed by atoms with Gasteiger partial charge in [0.2, 0.25) is 10.0 Å². The van der Waals surface area contributed by atoms with Gasteiger partial charge < -0.3 is 5.32 Å². The largest absolute Gasteiger partial charge is 0.339 e. The topological polar surface area (TPSA) is 75.2 Å². The average molecular weight is 485 g/mol. The maximum atomic E-state index is 13.2. The predicted molar refractivity (Wildman–Crippen MR) is 127 cm³/mol. The fourth-order valence-corrected chi connectivity index (χ4v) is 6.02. The van der Waals surface area contributed by atoms with Crippen LogP contribution in [-0.4, -0.2) is 29.2 Å². The van der Waals surface area contributed by atoms with Gasteiger partial charge in [0.1, 0.15) is 10.7 Å². The average Bonchev–Trinajstić information content (AvgIpc) is 2.80. The normalized spacial score (nSPS) is 14.3. The van der Waals surface area contributed by atoms with Gasteiger partial charge in [-0.05, 0) is 48.4 Å². The molecule has 32 heavy (non-hydrogen) atoms. The molecule has 3 heterocycles. The van der Waals surface area contributed by atoms with Crippen molar-refractivity contribution in [1.29, 1.82) is 0 Å². The third kappa shape index (κ3) is 3.93. The third-order valence-electron chi connectivity index (χ3n) is 5.48. The minimum atomic E-state index is -3.79. The number of hydrogen-bond acceptors (Lipinski definition) is 5. The van der Waals surface area contributed by atoms with Gasteiger partial charge in [-0.25, -0.2) is 13.4 Å². The summed E-state index contributed by atoms with van der Waals surface area (Å²) in [5, 5.41) is 4.85. The predicted octanol–water partition coefficient (Wildman–Crippen LogP) is 5.43. The number of pyridine rings is 2. The fourth-order valence-electron chi connectivity index (χ4n) is 3.87. The molecule has 162 valence electrons. The van der Waals surface area contributed by atoms with Gasteiger partial charge in [0.15, 0.2) is 0 Å². The van der Waals surface area contributed by atoms with Crippen LogP contribution >= 0.6 is 23.2 Å². The molecular formula is C23H18Cl2N4O2S. The lowest BCUT2D eigenvalue weighted by atomic mass is 10.0. The van der Waals surface area contributed by atoms with E-state index >= 15 is 0 Å². The molecule has 6 nitrogen and oxygen atoms in total. The number of halogens is 2. The van der Waals surface area contributed by atoms with Crippen molar-refractivity contribution in [1.82, 2.24) is 14.3 Å². The van der Waals surface area contributed by atoms with Crippen molar-refractivity contribution in [3.8, 4) is 0 Å². The van der Waals surface area contributed by atoms with Gasteiger partial charge in [-0.3, -0.25) is 4.98 Å². The van der Waals surface area contributed by atoms with Gasteiger partial charge in [0.05, 0.1) is 22.4 Å². The molecule has 2 aromatic carbocycles. The van der Waals surface area contributed by atoms with Crippen molar-refractivity contribution in [2.24, 2.45) is 0 Å². The lowest BCUT2D eigenvalue weighted by Gasteiger charge is -2.29. The van der Waals surface area contributed by atoms with Crippen LogP contribution in [0.25, 0.3) is 10.9 Å². The molecule has 5 rings (SSSR count). The van der Waals surface area contributed by atoms with Gasteiger partial charge in [-0.15, -0.1) is 0 Å². The maximum Gasteiger partial charge on any atom is 0.244 e. The number of fused-ring (bicyclic) bond motifs is 2. The molecule has 0 radical (unpaired) electrons. The Morgan fingerprint density at radius 2 is 1.84 bits per heavy atom. The molecule has 0 spiro atoms. The molecule has 1 aliphatic rings. The number of nitrogens with one attached hydrogen (secondary N) is 1. The summed E-state index contributed by atoms with van der Waals surface area (Å²) in [5.74, 6) is 0.706. The van der Waals surface area contributed by atoms with Crippen molar-refractivity contribution in [2.45, 2.75) is 17.9 Å². The Labute approximate surface area is 195 Å². The van der Waals surface area contributed by atoms with E-state index in [1.165, 1.54) is 16.4 Å². The van der Waals surface area contributed by atoms with Crippen LogP contribution in [0.5, 0.6) is 0 Å². The van der Waals surface area contributed by atoms with E-state index in [0.717, 1.165) is 27.7 Å². The number of nitrogens with zero attached hydrogens (tertiary/aromatic N) is 3. The highest BCUT2D eigenvalue weighted by molar-refractivity contribution is 7.89. The minimum Gasteiger partial charge on any atom is -0.339 e. The summed E-state index contributed by atoms with van der Waals surface area (Å²) in [5.41, 5.74) is 3.63. The summed E-state index contributed by atoms with van der Waals surface area (Å²) in [7, 11) is -3.79. The highest BCUT2D eigenvalue weighted by Gasteiger charge is 2.31. The molecule has 0 fully saturated rings.